The van der Waals surface area contributed by atoms with E-state index >= 15 is 0 Å². The number of fused-ring (bicyclic) bond motifs is 1. The van der Waals surface area contributed by atoms with Crippen LogP contribution in [0, 0.1) is 0 Å². The summed E-state index contributed by atoms with van der Waals surface area (Å²) in [5.74, 6) is -1.02. The van der Waals surface area contributed by atoms with E-state index in [1.807, 2.05) is 0 Å². The number of furan rings is 1. The molecule has 88 valence electrons. The van der Waals surface area contributed by atoms with Gasteiger partial charge in [-0.05, 0) is 12.1 Å². The summed E-state index contributed by atoms with van der Waals surface area (Å²) in [5.41, 5.74) is 0.672. The number of esters is 1. The number of ether oxygens (including phenoxy) is 2. The average Bonchev–Trinajstić information content (AvgIpc) is 2.79. The van der Waals surface area contributed by atoms with Crippen molar-refractivity contribution in [3.05, 3.63) is 30.0 Å². The van der Waals surface area contributed by atoms with E-state index < -0.39 is 11.8 Å². The van der Waals surface area contributed by atoms with Gasteiger partial charge in [0, 0.05) is 11.5 Å². The molecule has 0 saturated carbocycles. The molecule has 0 saturated heterocycles. The molecule has 0 spiro atoms. The van der Waals surface area contributed by atoms with Crippen molar-refractivity contribution in [3.63, 3.8) is 0 Å². The van der Waals surface area contributed by atoms with Crippen molar-refractivity contribution in [2.24, 2.45) is 0 Å². The van der Waals surface area contributed by atoms with Gasteiger partial charge in [-0.15, -0.1) is 0 Å². The molecule has 0 radical (unpaired) electrons. The fourth-order valence-corrected chi connectivity index (χ4v) is 1.51. The zero-order valence-electron chi connectivity index (χ0n) is 9.35. The molecule has 0 bridgehead atoms. The molecular formula is C12H10O5. The molecule has 17 heavy (non-hydrogen) atoms. The number of carbonyl (C=O) groups excluding carboxylic acids is 2. The van der Waals surface area contributed by atoms with Crippen molar-refractivity contribution >= 4 is 22.7 Å². The van der Waals surface area contributed by atoms with E-state index in [4.69, 9.17) is 9.15 Å². The Morgan fingerprint density at radius 2 is 2.00 bits per heavy atom. The Morgan fingerprint density at radius 1 is 1.24 bits per heavy atom. The molecule has 5 nitrogen and oxygen atoms in total. The van der Waals surface area contributed by atoms with Gasteiger partial charge in [-0.2, -0.15) is 0 Å². The number of benzene rings is 1. The Balaban J connectivity index is 2.50. The summed E-state index contributed by atoms with van der Waals surface area (Å²) >= 11 is 0. The van der Waals surface area contributed by atoms with E-state index in [0.29, 0.717) is 16.7 Å². The van der Waals surface area contributed by atoms with Crippen LogP contribution in [0.15, 0.2) is 28.9 Å². The first-order chi connectivity index (χ1) is 8.17. The molecule has 5 heteroatoms. The third-order valence-electron chi connectivity index (χ3n) is 2.40. The lowest BCUT2D eigenvalue weighted by molar-refractivity contribution is -0.135. The van der Waals surface area contributed by atoms with E-state index in [-0.39, 0.29) is 5.56 Å². The number of ketones is 1. The van der Waals surface area contributed by atoms with Gasteiger partial charge in [0.2, 0.25) is 0 Å². The minimum Gasteiger partial charge on any atom is -0.497 e. The average molecular weight is 234 g/mol. The fourth-order valence-electron chi connectivity index (χ4n) is 1.51. The van der Waals surface area contributed by atoms with Crippen molar-refractivity contribution in [3.8, 4) is 5.75 Å². The smallest absolute Gasteiger partial charge is 0.379 e. The molecule has 2 rings (SSSR count). The van der Waals surface area contributed by atoms with Gasteiger partial charge in [0.1, 0.15) is 17.6 Å². The molecule has 0 aliphatic rings. The van der Waals surface area contributed by atoms with Crippen molar-refractivity contribution in [2.45, 2.75) is 0 Å². The first-order valence-electron chi connectivity index (χ1n) is 4.85. The van der Waals surface area contributed by atoms with Crippen LogP contribution in [0.25, 0.3) is 11.0 Å². The Labute approximate surface area is 96.9 Å². The highest BCUT2D eigenvalue weighted by Gasteiger charge is 2.21. The maximum Gasteiger partial charge on any atom is 0.379 e. The lowest BCUT2D eigenvalue weighted by Gasteiger charge is -1.99. The summed E-state index contributed by atoms with van der Waals surface area (Å²) in [5, 5.41) is 0.557. The predicted molar refractivity (Wildman–Crippen MR) is 59.1 cm³/mol. The van der Waals surface area contributed by atoms with Crippen molar-refractivity contribution in [1.29, 1.82) is 0 Å². The quantitative estimate of drug-likeness (QED) is 0.460. The summed E-state index contributed by atoms with van der Waals surface area (Å²) in [6.07, 6.45) is 1.24. The summed E-state index contributed by atoms with van der Waals surface area (Å²) in [7, 11) is 2.69. The molecule has 0 fully saturated rings. The third kappa shape index (κ3) is 1.87. The first kappa shape index (κ1) is 11.2. The number of methoxy groups -OCH3 is 2. The Morgan fingerprint density at radius 3 is 2.65 bits per heavy atom. The highest BCUT2D eigenvalue weighted by Crippen LogP contribution is 2.25. The number of carbonyl (C=O) groups is 2. The summed E-state index contributed by atoms with van der Waals surface area (Å²) in [4.78, 5) is 22.8. The summed E-state index contributed by atoms with van der Waals surface area (Å²) in [6, 6.07) is 4.99. The molecule has 1 heterocycles. The van der Waals surface area contributed by atoms with Gasteiger partial charge in [0.15, 0.2) is 0 Å². The molecule has 1 aromatic carbocycles. The molecule has 2 aromatic rings. The highest BCUT2D eigenvalue weighted by atomic mass is 16.5. The fraction of sp³-hybridized carbons (Fsp3) is 0.167. The monoisotopic (exact) mass is 234 g/mol. The second-order valence-electron chi connectivity index (χ2n) is 3.33. The van der Waals surface area contributed by atoms with Crippen LogP contribution in [0.3, 0.4) is 0 Å². The highest BCUT2D eigenvalue weighted by molar-refractivity contribution is 6.42. The van der Waals surface area contributed by atoms with E-state index in [2.05, 4.69) is 4.74 Å². The Kier molecular flexibility index (Phi) is 2.82. The van der Waals surface area contributed by atoms with Gasteiger partial charge < -0.3 is 13.9 Å². The van der Waals surface area contributed by atoms with Crippen LogP contribution in [-0.4, -0.2) is 26.0 Å². The molecule has 1 aromatic heterocycles. The van der Waals surface area contributed by atoms with Crippen molar-refractivity contribution in [1.82, 2.24) is 0 Å². The van der Waals surface area contributed by atoms with Gasteiger partial charge in [-0.3, -0.25) is 4.79 Å². The van der Waals surface area contributed by atoms with Gasteiger partial charge >= 0.3 is 5.97 Å². The minimum atomic E-state index is -0.913. The van der Waals surface area contributed by atoms with E-state index in [0.717, 1.165) is 7.11 Å². The molecular weight excluding hydrogens is 224 g/mol. The van der Waals surface area contributed by atoms with Crippen LogP contribution in [0.1, 0.15) is 10.4 Å². The standard InChI is InChI=1S/C12H10O5/c1-15-7-3-4-8-9(6-17-10(8)5-7)11(13)12(14)16-2/h3-6H,1-2H3. The van der Waals surface area contributed by atoms with Crippen LogP contribution in [-0.2, 0) is 9.53 Å². The second-order valence-corrected chi connectivity index (χ2v) is 3.33. The molecule has 0 aliphatic heterocycles. The topological polar surface area (TPSA) is 65.7 Å². The molecule has 0 N–H and O–H groups in total. The number of hydrogen-bond donors (Lipinski definition) is 0. The van der Waals surface area contributed by atoms with Crippen molar-refractivity contribution < 1.29 is 23.5 Å². The van der Waals surface area contributed by atoms with Crippen LogP contribution in [0.2, 0.25) is 0 Å². The molecule has 0 atom stereocenters. The number of hydrogen-bond acceptors (Lipinski definition) is 5. The Hall–Kier alpha value is -2.30. The lowest BCUT2D eigenvalue weighted by Crippen LogP contribution is -2.15. The zero-order valence-corrected chi connectivity index (χ0v) is 9.35. The van der Waals surface area contributed by atoms with E-state index in [9.17, 15) is 9.59 Å². The third-order valence-corrected chi connectivity index (χ3v) is 2.40. The lowest BCUT2D eigenvalue weighted by atomic mass is 10.1. The maximum atomic E-state index is 11.6. The van der Waals surface area contributed by atoms with Gasteiger partial charge in [-0.1, -0.05) is 0 Å². The second kappa shape index (κ2) is 4.29. The van der Waals surface area contributed by atoms with E-state index in [1.165, 1.54) is 13.4 Å². The van der Waals surface area contributed by atoms with E-state index in [1.54, 1.807) is 18.2 Å². The predicted octanol–water partition coefficient (Wildman–Crippen LogP) is 1.80. The number of Topliss-reactive ketones (excluding diaryl/α,β-unsaturated/α-hetero) is 1. The van der Waals surface area contributed by atoms with Crippen LogP contribution in [0.5, 0.6) is 5.75 Å². The van der Waals surface area contributed by atoms with Gasteiger partial charge in [0.25, 0.3) is 5.78 Å². The Bertz CT molecular complexity index is 582. The zero-order chi connectivity index (χ0) is 12.4. The SMILES string of the molecule is COC(=O)C(=O)c1coc2cc(OC)ccc12. The summed E-state index contributed by atoms with van der Waals surface area (Å²) < 4.78 is 14.6. The molecule has 0 unspecified atom stereocenters. The van der Waals surface area contributed by atoms with Gasteiger partial charge in [0.05, 0.1) is 19.8 Å². The molecule has 0 amide bonds. The molecule has 0 aliphatic carbocycles. The van der Waals surface area contributed by atoms with Crippen LogP contribution >= 0.6 is 0 Å². The van der Waals surface area contributed by atoms with Gasteiger partial charge in [-0.25, -0.2) is 4.79 Å². The largest absolute Gasteiger partial charge is 0.497 e. The minimum absolute atomic E-state index is 0.189. The normalized spacial score (nSPS) is 10.2. The van der Waals surface area contributed by atoms with Crippen LogP contribution in [0.4, 0.5) is 0 Å². The maximum absolute atomic E-state index is 11.6. The first-order valence-corrected chi connectivity index (χ1v) is 4.85. The van der Waals surface area contributed by atoms with Crippen molar-refractivity contribution in [2.75, 3.05) is 14.2 Å². The number of rotatable bonds is 3. The summed E-state index contributed by atoms with van der Waals surface area (Å²) in [6.45, 7) is 0. The van der Waals surface area contributed by atoms with Crippen LogP contribution < -0.4 is 4.74 Å².